The summed E-state index contributed by atoms with van der Waals surface area (Å²) in [5, 5.41) is 0. The van der Waals surface area contributed by atoms with Gasteiger partial charge in [0.25, 0.3) is 0 Å². The van der Waals surface area contributed by atoms with E-state index < -0.39 is 0 Å². The highest BCUT2D eigenvalue weighted by atomic mass is 16.5. The molecule has 2 heterocycles. The van der Waals surface area contributed by atoms with Crippen molar-refractivity contribution in [1.82, 2.24) is 0 Å². The lowest BCUT2D eigenvalue weighted by Crippen LogP contribution is -2.25. The highest BCUT2D eigenvalue weighted by molar-refractivity contribution is 5.28. The molecule has 0 N–H and O–H groups in total. The average Bonchev–Trinajstić information content (AvgIpc) is 2.54. The first kappa shape index (κ1) is 20.1. The molecule has 2 aromatic carbocycles. The lowest BCUT2D eigenvalue weighted by atomic mass is 9.95. The fourth-order valence-corrected chi connectivity index (χ4v) is 3.56. The lowest BCUT2D eigenvalue weighted by Gasteiger charge is -2.26. The van der Waals surface area contributed by atoms with Gasteiger partial charge in [0.05, 0.1) is 25.9 Å². The molecule has 0 saturated carbocycles. The Morgan fingerprint density at radius 2 is 1.70 bits per heavy atom. The minimum Gasteiger partial charge on any atom is -0.380 e. The van der Waals surface area contributed by atoms with Crippen molar-refractivity contribution in [2.45, 2.75) is 58.5 Å². The molecule has 4 rings (SSSR count). The first-order chi connectivity index (χ1) is 13.2. The lowest BCUT2D eigenvalue weighted by molar-refractivity contribution is -0.0527. The van der Waals surface area contributed by atoms with Crippen LogP contribution >= 0.6 is 0 Å². The van der Waals surface area contributed by atoms with Crippen LogP contribution in [0, 0.1) is 5.92 Å². The van der Waals surface area contributed by atoms with Gasteiger partial charge in [-0.15, -0.1) is 0 Å². The Labute approximate surface area is 164 Å². The fourth-order valence-electron chi connectivity index (χ4n) is 3.56. The molecule has 0 bridgehead atoms. The maximum atomic E-state index is 5.44. The van der Waals surface area contributed by atoms with E-state index in [1.54, 1.807) is 0 Å². The molecular weight excluding hydrogens is 332 g/mol. The topological polar surface area (TPSA) is 18.5 Å². The number of rotatable bonds is 6. The number of ether oxygens (including phenoxy) is 2. The van der Waals surface area contributed by atoms with Gasteiger partial charge in [-0.2, -0.15) is 0 Å². The smallest absolute Gasteiger partial charge is 0.0846 e. The van der Waals surface area contributed by atoms with E-state index in [9.17, 15) is 0 Å². The van der Waals surface area contributed by atoms with Crippen molar-refractivity contribution < 1.29 is 9.47 Å². The molecule has 0 radical (unpaired) electrons. The SMILES string of the molecule is CC(C)Cc1ccc(C2CCO2)cc1.CCCc1cccc(C2COC2)c1. The van der Waals surface area contributed by atoms with E-state index in [0.717, 1.165) is 25.7 Å². The summed E-state index contributed by atoms with van der Waals surface area (Å²) >= 11 is 0. The van der Waals surface area contributed by atoms with Gasteiger partial charge in [-0.3, -0.25) is 0 Å². The van der Waals surface area contributed by atoms with E-state index in [1.807, 2.05) is 0 Å². The minimum absolute atomic E-state index is 0.378. The van der Waals surface area contributed by atoms with E-state index in [-0.39, 0.29) is 0 Å². The molecule has 146 valence electrons. The van der Waals surface area contributed by atoms with E-state index >= 15 is 0 Å². The zero-order chi connectivity index (χ0) is 19.1. The van der Waals surface area contributed by atoms with Crippen molar-refractivity contribution in [2.75, 3.05) is 19.8 Å². The highest BCUT2D eigenvalue weighted by Gasteiger charge is 2.20. The molecular formula is C25H34O2. The summed E-state index contributed by atoms with van der Waals surface area (Å²) in [6.45, 7) is 9.48. The van der Waals surface area contributed by atoms with E-state index in [4.69, 9.17) is 9.47 Å². The molecule has 2 heteroatoms. The van der Waals surface area contributed by atoms with Crippen molar-refractivity contribution in [3.63, 3.8) is 0 Å². The zero-order valence-electron chi connectivity index (χ0n) is 17.1. The van der Waals surface area contributed by atoms with Crippen LogP contribution in [0.3, 0.4) is 0 Å². The first-order valence-corrected chi connectivity index (χ1v) is 10.5. The Hall–Kier alpha value is -1.64. The summed E-state index contributed by atoms with van der Waals surface area (Å²) in [6, 6.07) is 17.8. The van der Waals surface area contributed by atoms with E-state index in [0.29, 0.717) is 12.0 Å². The molecule has 2 aromatic rings. The van der Waals surface area contributed by atoms with Gasteiger partial charge in [-0.25, -0.2) is 0 Å². The van der Waals surface area contributed by atoms with Gasteiger partial charge in [0, 0.05) is 12.3 Å². The third kappa shape index (κ3) is 5.92. The predicted octanol–water partition coefficient (Wildman–Crippen LogP) is 6.10. The normalized spacial score (nSPS) is 19.0. The zero-order valence-corrected chi connectivity index (χ0v) is 17.1. The van der Waals surface area contributed by atoms with Crippen LogP contribution in [0.2, 0.25) is 0 Å². The molecule has 2 fully saturated rings. The molecule has 1 unspecified atom stereocenters. The second-order valence-corrected chi connectivity index (χ2v) is 8.22. The molecule has 0 aliphatic carbocycles. The summed E-state index contributed by atoms with van der Waals surface area (Å²) < 4.78 is 10.6. The predicted molar refractivity (Wildman–Crippen MR) is 112 cm³/mol. The highest BCUT2D eigenvalue weighted by Crippen LogP contribution is 2.29. The molecule has 1 atom stereocenters. The van der Waals surface area contributed by atoms with Crippen LogP contribution in [0.1, 0.15) is 67.9 Å². The standard InChI is InChI=1S/C13H18O.C12H16O/c1-10(2)9-11-3-5-12(6-4-11)13-7-8-14-13;1-2-4-10-5-3-6-11(7-10)12-8-13-9-12/h3-6,10,13H,7-9H2,1-2H3;3,5-7,12H,2,4,8-9H2,1H3. The number of hydrogen-bond acceptors (Lipinski definition) is 2. The van der Waals surface area contributed by atoms with Crippen LogP contribution in [-0.4, -0.2) is 19.8 Å². The van der Waals surface area contributed by atoms with Crippen LogP contribution in [0.25, 0.3) is 0 Å². The molecule has 0 spiro atoms. The Bertz CT molecular complexity index is 682. The molecule has 2 saturated heterocycles. The van der Waals surface area contributed by atoms with Crippen LogP contribution in [0.15, 0.2) is 48.5 Å². The summed E-state index contributed by atoms with van der Waals surface area (Å²) in [5.41, 5.74) is 5.69. The van der Waals surface area contributed by atoms with Gasteiger partial charge in [0.2, 0.25) is 0 Å². The molecule has 27 heavy (non-hydrogen) atoms. The van der Waals surface area contributed by atoms with Crippen molar-refractivity contribution in [3.05, 3.63) is 70.8 Å². The molecule has 2 aliphatic heterocycles. The minimum atomic E-state index is 0.378. The Morgan fingerprint density at radius 3 is 2.22 bits per heavy atom. The van der Waals surface area contributed by atoms with Gasteiger partial charge in [0.1, 0.15) is 0 Å². The van der Waals surface area contributed by atoms with Crippen LogP contribution in [-0.2, 0) is 22.3 Å². The third-order valence-electron chi connectivity index (χ3n) is 5.29. The van der Waals surface area contributed by atoms with Crippen LogP contribution in [0.5, 0.6) is 0 Å². The Kier molecular flexibility index (Phi) is 7.49. The molecule has 2 aliphatic rings. The number of benzene rings is 2. The van der Waals surface area contributed by atoms with Gasteiger partial charge >= 0.3 is 0 Å². The van der Waals surface area contributed by atoms with Gasteiger partial charge in [-0.1, -0.05) is 75.7 Å². The van der Waals surface area contributed by atoms with Crippen molar-refractivity contribution in [1.29, 1.82) is 0 Å². The number of hydrogen-bond donors (Lipinski definition) is 0. The quantitative estimate of drug-likeness (QED) is 0.615. The fraction of sp³-hybridized carbons (Fsp3) is 0.520. The summed E-state index contributed by atoms with van der Waals surface area (Å²) in [7, 11) is 0. The Balaban J connectivity index is 0.000000156. The van der Waals surface area contributed by atoms with Crippen molar-refractivity contribution >= 4 is 0 Å². The van der Waals surface area contributed by atoms with E-state index in [1.165, 1.54) is 47.9 Å². The van der Waals surface area contributed by atoms with Crippen molar-refractivity contribution in [2.24, 2.45) is 5.92 Å². The monoisotopic (exact) mass is 366 g/mol. The molecule has 0 amide bonds. The van der Waals surface area contributed by atoms with Gasteiger partial charge < -0.3 is 9.47 Å². The maximum absolute atomic E-state index is 5.44. The van der Waals surface area contributed by atoms with Gasteiger partial charge in [0.15, 0.2) is 0 Å². The molecule has 2 nitrogen and oxygen atoms in total. The van der Waals surface area contributed by atoms with E-state index in [2.05, 4.69) is 69.3 Å². The van der Waals surface area contributed by atoms with Crippen LogP contribution < -0.4 is 0 Å². The first-order valence-electron chi connectivity index (χ1n) is 10.5. The Morgan fingerprint density at radius 1 is 0.963 bits per heavy atom. The second kappa shape index (κ2) is 10.1. The summed E-state index contributed by atoms with van der Waals surface area (Å²) in [5.74, 6) is 1.40. The van der Waals surface area contributed by atoms with Gasteiger partial charge in [-0.05, 0) is 41.0 Å². The summed E-state index contributed by atoms with van der Waals surface area (Å²) in [6.07, 6.45) is 5.16. The largest absolute Gasteiger partial charge is 0.380 e. The molecule has 0 aromatic heterocycles. The summed E-state index contributed by atoms with van der Waals surface area (Å²) in [4.78, 5) is 0. The van der Waals surface area contributed by atoms with Crippen LogP contribution in [0.4, 0.5) is 0 Å². The second-order valence-electron chi connectivity index (χ2n) is 8.22. The maximum Gasteiger partial charge on any atom is 0.0846 e. The third-order valence-corrected chi connectivity index (χ3v) is 5.29. The average molecular weight is 367 g/mol. The van der Waals surface area contributed by atoms with Crippen molar-refractivity contribution in [3.8, 4) is 0 Å². The number of aryl methyl sites for hydroxylation is 1.